The summed E-state index contributed by atoms with van der Waals surface area (Å²) in [6.45, 7) is 0.770. The Labute approximate surface area is 120 Å². The number of rotatable bonds is 4. The molecule has 0 saturated heterocycles. The number of benzene rings is 1. The summed E-state index contributed by atoms with van der Waals surface area (Å²) in [5.41, 5.74) is 0. The molecule has 0 fully saturated rings. The molecular weight excluding hydrogens is 295 g/mol. The molecule has 0 aliphatic rings. The van der Waals surface area contributed by atoms with E-state index in [1.54, 1.807) is 23.1 Å². The monoisotopic (exact) mass is 306 g/mol. The molecule has 0 spiro atoms. The van der Waals surface area contributed by atoms with Crippen LogP contribution < -0.4 is 5.32 Å². The molecule has 0 aliphatic carbocycles. The molecule has 0 bridgehead atoms. The minimum atomic E-state index is 0. The van der Waals surface area contributed by atoms with E-state index in [1.165, 1.54) is 4.90 Å². The first-order valence-corrected chi connectivity index (χ1v) is 6.83. The summed E-state index contributed by atoms with van der Waals surface area (Å²) in [4.78, 5) is 6.60. The van der Waals surface area contributed by atoms with Crippen LogP contribution in [0.25, 0.3) is 0 Å². The molecule has 2 rings (SSSR count). The smallest absolute Gasteiger partial charge is 0.156 e. The molecule has 1 aromatic heterocycles. The lowest BCUT2D eigenvalue weighted by Gasteiger charge is -1.95. The van der Waals surface area contributed by atoms with Crippen molar-refractivity contribution < 1.29 is 0 Å². The average Bonchev–Trinajstić information content (AvgIpc) is 2.61. The fourth-order valence-corrected chi connectivity index (χ4v) is 3.67. The summed E-state index contributed by atoms with van der Waals surface area (Å²) < 4.78 is 0.987. The highest BCUT2D eigenvalue weighted by molar-refractivity contribution is 8.01. The Morgan fingerprint density at radius 2 is 2.06 bits per heavy atom. The summed E-state index contributed by atoms with van der Waals surface area (Å²) in [5, 5.41) is 3.69. The largest absolute Gasteiger partial charge is 0.315 e. The van der Waals surface area contributed by atoms with E-state index >= 15 is 0 Å². The molecule has 1 N–H and O–H groups in total. The Morgan fingerprint density at radius 3 is 2.71 bits per heavy atom. The zero-order chi connectivity index (χ0) is 11.4. The molecule has 0 aliphatic heterocycles. The maximum absolute atomic E-state index is 6.04. The van der Waals surface area contributed by atoms with Crippen LogP contribution in [0.5, 0.6) is 0 Å². The number of hydrogen-bond donors (Lipinski definition) is 1. The van der Waals surface area contributed by atoms with Gasteiger partial charge >= 0.3 is 0 Å². The first-order chi connectivity index (χ1) is 7.79. The first-order valence-electron chi connectivity index (χ1n) is 4.82. The van der Waals surface area contributed by atoms with E-state index in [0.29, 0.717) is 5.15 Å². The van der Waals surface area contributed by atoms with Gasteiger partial charge in [0.1, 0.15) is 5.15 Å². The normalized spacial score (nSPS) is 10.0. The Hall–Kier alpha value is -0.260. The minimum Gasteiger partial charge on any atom is -0.315 e. The third-order valence-electron chi connectivity index (χ3n) is 1.92. The second-order valence-electron chi connectivity index (χ2n) is 3.14. The highest BCUT2D eigenvalue weighted by Crippen LogP contribution is 2.34. The van der Waals surface area contributed by atoms with Crippen molar-refractivity contribution in [2.24, 2.45) is 0 Å². The second-order valence-corrected chi connectivity index (χ2v) is 5.90. The maximum Gasteiger partial charge on any atom is 0.156 e. The van der Waals surface area contributed by atoms with Crippen LogP contribution in [-0.2, 0) is 6.54 Å². The van der Waals surface area contributed by atoms with Crippen LogP contribution in [0.4, 0.5) is 0 Å². The van der Waals surface area contributed by atoms with E-state index in [1.807, 2.05) is 25.2 Å². The van der Waals surface area contributed by atoms with Gasteiger partial charge in [-0.1, -0.05) is 41.6 Å². The molecule has 6 heteroatoms. The van der Waals surface area contributed by atoms with Crippen LogP contribution >= 0.6 is 47.1 Å². The van der Waals surface area contributed by atoms with Crippen molar-refractivity contribution in [1.29, 1.82) is 0 Å². The predicted molar refractivity (Wildman–Crippen MR) is 77.7 cm³/mol. The molecule has 1 heterocycles. The van der Waals surface area contributed by atoms with Gasteiger partial charge in [0.15, 0.2) is 4.34 Å². The van der Waals surface area contributed by atoms with Crippen LogP contribution in [-0.4, -0.2) is 12.0 Å². The fraction of sp³-hybridized carbons (Fsp3) is 0.182. The van der Waals surface area contributed by atoms with Gasteiger partial charge in [0.25, 0.3) is 0 Å². The maximum atomic E-state index is 6.04. The van der Waals surface area contributed by atoms with Crippen LogP contribution in [0.1, 0.15) is 4.88 Å². The van der Waals surface area contributed by atoms with E-state index in [0.717, 1.165) is 15.8 Å². The first kappa shape index (κ1) is 14.8. The van der Waals surface area contributed by atoms with Crippen molar-refractivity contribution in [3.05, 3.63) is 40.4 Å². The summed E-state index contributed by atoms with van der Waals surface area (Å²) in [5.74, 6) is 0. The molecule has 0 saturated carbocycles. The standard InChI is InChI=1S/C11H11ClN2S2.ClH/c1-13-7-9-10(12)14-11(16-9)15-8-5-3-2-4-6-8;/h2-6,13H,7H2,1H3;1H. The average molecular weight is 307 g/mol. The van der Waals surface area contributed by atoms with Crippen molar-refractivity contribution in [1.82, 2.24) is 10.3 Å². The molecule has 1 aromatic carbocycles. The molecule has 2 nitrogen and oxygen atoms in total. The molecular formula is C11H12Cl2N2S2. The van der Waals surface area contributed by atoms with E-state index in [4.69, 9.17) is 11.6 Å². The van der Waals surface area contributed by atoms with Crippen LogP contribution in [0.15, 0.2) is 39.6 Å². The second kappa shape index (κ2) is 7.24. The number of aromatic nitrogens is 1. The quantitative estimate of drug-likeness (QED) is 0.921. The van der Waals surface area contributed by atoms with Crippen LogP contribution in [0.2, 0.25) is 5.15 Å². The van der Waals surface area contributed by atoms with Crippen molar-refractivity contribution in [3.8, 4) is 0 Å². The van der Waals surface area contributed by atoms with Crippen molar-refractivity contribution in [3.63, 3.8) is 0 Å². The third-order valence-corrected chi connectivity index (χ3v) is 4.46. The number of nitrogens with one attached hydrogen (secondary N) is 1. The topological polar surface area (TPSA) is 24.9 Å². The fourth-order valence-electron chi connectivity index (χ4n) is 1.22. The lowest BCUT2D eigenvalue weighted by atomic mass is 10.4. The molecule has 0 amide bonds. The van der Waals surface area contributed by atoms with Gasteiger partial charge in [-0.2, -0.15) is 0 Å². The van der Waals surface area contributed by atoms with Gasteiger partial charge in [-0.25, -0.2) is 4.98 Å². The van der Waals surface area contributed by atoms with E-state index in [9.17, 15) is 0 Å². The van der Waals surface area contributed by atoms with Gasteiger partial charge in [0.2, 0.25) is 0 Å². The molecule has 2 aromatic rings. The van der Waals surface area contributed by atoms with Gasteiger partial charge in [-0.05, 0) is 19.2 Å². The lowest BCUT2D eigenvalue weighted by molar-refractivity contribution is 0.829. The Bertz CT molecular complexity index is 460. The predicted octanol–water partition coefficient (Wildman–Crippen LogP) is 4.09. The van der Waals surface area contributed by atoms with Gasteiger partial charge in [0.05, 0.1) is 4.88 Å². The Kier molecular flexibility index (Phi) is 6.30. The van der Waals surface area contributed by atoms with Gasteiger partial charge in [-0.15, -0.1) is 23.7 Å². The van der Waals surface area contributed by atoms with Crippen molar-refractivity contribution in [2.45, 2.75) is 15.8 Å². The molecule has 0 atom stereocenters. The molecule has 92 valence electrons. The Morgan fingerprint density at radius 1 is 1.35 bits per heavy atom. The van der Waals surface area contributed by atoms with Crippen LogP contribution in [0.3, 0.4) is 0 Å². The van der Waals surface area contributed by atoms with Gasteiger partial charge in [-0.3, -0.25) is 0 Å². The van der Waals surface area contributed by atoms with Crippen LogP contribution in [0, 0.1) is 0 Å². The SMILES string of the molecule is CNCc1sc(Sc2ccccc2)nc1Cl.Cl. The zero-order valence-corrected chi connectivity index (χ0v) is 12.3. The van der Waals surface area contributed by atoms with Gasteiger partial charge < -0.3 is 5.32 Å². The highest BCUT2D eigenvalue weighted by Gasteiger charge is 2.09. The zero-order valence-electron chi connectivity index (χ0n) is 9.14. The minimum absolute atomic E-state index is 0. The molecule has 0 unspecified atom stereocenters. The summed E-state index contributed by atoms with van der Waals surface area (Å²) in [7, 11) is 1.90. The van der Waals surface area contributed by atoms with Crippen molar-refractivity contribution >= 4 is 47.1 Å². The van der Waals surface area contributed by atoms with E-state index in [2.05, 4.69) is 22.4 Å². The number of nitrogens with zero attached hydrogens (tertiary/aromatic N) is 1. The number of halogens is 2. The molecule has 17 heavy (non-hydrogen) atoms. The van der Waals surface area contributed by atoms with E-state index < -0.39 is 0 Å². The summed E-state index contributed by atoms with van der Waals surface area (Å²) >= 11 is 9.32. The summed E-state index contributed by atoms with van der Waals surface area (Å²) in [6.07, 6.45) is 0. The van der Waals surface area contributed by atoms with E-state index in [-0.39, 0.29) is 12.4 Å². The summed E-state index contributed by atoms with van der Waals surface area (Å²) in [6, 6.07) is 10.2. The number of thiazole rings is 1. The van der Waals surface area contributed by atoms with Gasteiger partial charge in [0, 0.05) is 11.4 Å². The number of hydrogen-bond acceptors (Lipinski definition) is 4. The highest BCUT2D eigenvalue weighted by atomic mass is 35.5. The van der Waals surface area contributed by atoms with Crippen molar-refractivity contribution in [2.75, 3.05) is 7.05 Å². The third kappa shape index (κ3) is 4.16. The Balaban J connectivity index is 0.00000144. The molecule has 0 radical (unpaired) electrons. The lowest BCUT2D eigenvalue weighted by Crippen LogP contribution is -2.03.